The fourth-order valence-electron chi connectivity index (χ4n) is 2.63. The number of unbranched alkanes of at least 4 members (excludes halogenated alkanes) is 1. The van der Waals surface area contributed by atoms with E-state index in [1.807, 2.05) is 32.0 Å². The molecule has 1 N–H and O–H groups in total. The molecule has 0 aliphatic heterocycles. The van der Waals surface area contributed by atoms with Crippen LogP contribution in [0.15, 0.2) is 18.2 Å². The molecule has 0 aliphatic carbocycles. The minimum atomic E-state index is -0.646. The number of hydrogen-bond acceptors (Lipinski definition) is 4. The standard InChI is InChI=1S/C19H24ClN3O3/c1-5-6-10-23-18(20)16(14(4)22-23)19(25)26-11-15(24)21-17-12(2)8-7-9-13(17)3/h7-9H,5-6,10-11H2,1-4H3,(H,21,24). The second-order valence-electron chi connectivity index (χ2n) is 6.22. The van der Waals surface area contributed by atoms with Gasteiger partial charge in [0.05, 0.1) is 5.69 Å². The molecular weight excluding hydrogens is 354 g/mol. The number of aromatic nitrogens is 2. The minimum absolute atomic E-state index is 0.211. The number of carbonyl (C=O) groups is 2. The van der Waals surface area contributed by atoms with Gasteiger partial charge in [0, 0.05) is 12.2 Å². The van der Waals surface area contributed by atoms with Crippen molar-refractivity contribution in [1.29, 1.82) is 0 Å². The first kappa shape index (κ1) is 20.0. The summed E-state index contributed by atoms with van der Waals surface area (Å²) in [6.07, 6.45) is 1.90. The van der Waals surface area contributed by atoms with Crippen LogP contribution in [0.5, 0.6) is 0 Å². The number of para-hydroxylation sites is 1. The second kappa shape index (κ2) is 8.85. The Kier molecular flexibility index (Phi) is 6.80. The SMILES string of the molecule is CCCCn1nc(C)c(C(=O)OCC(=O)Nc2c(C)cccc2C)c1Cl. The zero-order valence-corrected chi connectivity index (χ0v) is 16.3. The third-order valence-corrected chi connectivity index (χ3v) is 4.46. The number of benzene rings is 1. The summed E-state index contributed by atoms with van der Waals surface area (Å²) < 4.78 is 6.72. The molecule has 1 amide bonds. The number of hydrogen-bond donors (Lipinski definition) is 1. The molecule has 0 bridgehead atoms. The number of anilines is 1. The number of nitrogens with zero attached hydrogens (tertiary/aromatic N) is 2. The predicted molar refractivity (Wildman–Crippen MR) is 102 cm³/mol. The normalized spacial score (nSPS) is 10.7. The lowest BCUT2D eigenvalue weighted by Crippen LogP contribution is -2.22. The van der Waals surface area contributed by atoms with Crippen molar-refractivity contribution in [3.05, 3.63) is 45.7 Å². The summed E-state index contributed by atoms with van der Waals surface area (Å²) in [6.45, 7) is 7.82. The van der Waals surface area contributed by atoms with Gasteiger partial charge in [-0.2, -0.15) is 5.10 Å². The highest BCUT2D eigenvalue weighted by Crippen LogP contribution is 2.22. The van der Waals surface area contributed by atoms with Crippen molar-refractivity contribution in [2.45, 2.75) is 47.1 Å². The van der Waals surface area contributed by atoms with Crippen LogP contribution in [0.25, 0.3) is 0 Å². The molecule has 0 spiro atoms. The smallest absolute Gasteiger partial charge is 0.343 e. The Balaban J connectivity index is 2.00. The van der Waals surface area contributed by atoms with E-state index in [9.17, 15) is 9.59 Å². The Morgan fingerprint density at radius 3 is 2.50 bits per heavy atom. The molecule has 2 aromatic rings. The molecule has 0 unspecified atom stereocenters. The van der Waals surface area contributed by atoms with Crippen LogP contribution in [0.3, 0.4) is 0 Å². The number of carbonyl (C=O) groups excluding carboxylic acids is 2. The molecular formula is C19H24ClN3O3. The number of rotatable bonds is 7. The lowest BCUT2D eigenvalue weighted by Gasteiger charge is -2.11. The van der Waals surface area contributed by atoms with E-state index in [2.05, 4.69) is 17.3 Å². The van der Waals surface area contributed by atoms with Gasteiger partial charge in [-0.15, -0.1) is 0 Å². The van der Waals surface area contributed by atoms with Gasteiger partial charge < -0.3 is 10.1 Å². The number of esters is 1. The fourth-order valence-corrected chi connectivity index (χ4v) is 2.97. The average molecular weight is 378 g/mol. The van der Waals surface area contributed by atoms with Gasteiger partial charge in [-0.05, 0) is 38.3 Å². The van der Waals surface area contributed by atoms with Crippen LogP contribution >= 0.6 is 11.6 Å². The number of ether oxygens (including phenoxy) is 1. The summed E-state index contributed by atoms with van der Waals surface area (Å²) in [7, 11) is 0. The molecule has 1 aromatic carbocycles. The van der Waals surface area contributed by atoms with Crippen LogP contribution in [0.4, 0.5) is 5.69 Å². The zero-order chi connectivity index (χ0) is 19.3. The van der Waals surface area contributed by atoms with Crippen LogP contribution in [-0.4, -0.2) is 28.3 Å². The van der Waals surface area contributed by atoms with Crippen molar-refractivity contribution in [3.8, 4) is 0 Å². The maximum atomic E-state index is 12.3. The highest BCUT2D eigenvalue weighted by Gasteiger charge is 2.22. The Hall–Kier alpha value is -2.34. The highest BCUT2D eigenvalue weighted by molar-refractivity contribution is 6.32. The molecule has 0 fully saturated rings. The van der Waals surface area contributed by atoms with Gasteiger partial charge in [0.15, 0.2) is 6.61 Å². The van der Waals surface area contributed by atoms with Gasteiger partial charge in [-0.3, -0.25) is 9.48 Å². The van der Waals surface area contributed by atoms with E-state index in [0.717, 1.165) is 29.7 Å². The molecule has 0 aliphatic rings. The van der Waals surface area contributed by atoms with E-state index >= 15 is 0 Å². The first-order chi connectivity index (χ1) is 12.3. The number of nitrogens with one attached hydrogen (secondary N) is 1. The first-order valence-electron chi connectivity index (χ1n) is 8.61. The Morgan fingerprint density at radius 2 is 1.88 bits per heavy atom. The number of halogens is 1. The summed E-state index contributed by atoms with van der Waals surface area (Å²) >= 11 is 6.25. The molecule has 1 aromatic heterocycles. The molecule has 7 heteroatoms. The van der Waals surface area contributed by atoms with Gasteiger partial charge >= 0.3 is 5.97 Å². The number of aryl methyl sites for hydroxylation is 4. The van der Waals surface area contributed by atoms with Gasteiger partial charge in [0.1, 0.15) is 10.7 Å². The van der Waals surface area contributed by atoms with E-state index in [0.29, 0.717) is 12.2 Å². The van der Waals surface area contributed by atoms with Crippen molar-refractivity contribution >= 4 is 29.2 Å². The van der Waals surface area contributed by atoms with Crippen molar-refractivity contribution < 1.29 is 14.3 Å². The Bertz CT molecular complexity index is 794. The quantitative estimate of drug-likeness (QED) is 0.738. The van der Waals surface area contributed by atoms with E-state index in [1.165, 1.54) is 0 Å². The monoisotopic (exact) mass is 377 g/mol. The summed E-state index contributed by atoms with van der Waals surface area (Å²) in [6, 6.07) is 5.73. The number of amides is 1. The summed E-state index contributed by atoms with van der Waals surface area (Å²) in [5, 5.41) is 7.29. The molecule has 1 heterocycles. The molecule has 0 saturated heterocycles. The van der Waals surface area contributed by atoms with Crippen LogP contribution in [-0.2, 0) is 16.1 Å². The third-order valence-electron chi connectivity index (χ3n) is 4.07. The van der Waals surface area contributed by atoms with Crippen molar-refractivity contribution in [3.63, 3.8) is 0 Å². The van der Waals surface area contributed by atoms with Gasteiger partial charge in [-0.25, -0.2) is 4.79 Å². The van der Waals surface area contributed by atoms with E-state index in [4.69, 9.17) is 16.3 Å². The molecule has 2 rings (SSSR count). The lowest BCUT2D eigenvalue weighted by molar-refractivity contribution is -0.119. The van der Waals surface area contributed by atoms with Crippen molar-refractivity contribution in [2.24, 2.45) is 0 Å². The Morgan fingerprint density at radius 1 is 1.23 bits per heavy atom. The largest absolute Gasteiger partial charge is 0.452 e. The van der Waals surface area contributed by atoms with Crippen molar-refractivity contribution in [1.82, 2.24) is 9.78 Å². The average Bonchev–Trinajstić information content (AvgIpc) is 2.88. The van der Waals surface area contributed by atoms with Gasteiger partial charge in [-0.1, -0.05) is 43.1 Å². The molecule has 140 valence electrons. The zero-order valence-electron chi connectivity index (χ0n) is 15.6. The maximum Gasteiger partial charge on any atom is 0.343 e. The molecule has 0 radical (unpaired) electrons. The Labute approximate surface area is 158 Å². The topological polar surface area (TPSA) is 73.2 Å². The minimum Gasteiger partial charge on any atom is -0.452 e. The predicted octanol–water partition coefficient (Wildman–Crippen LogP) is 4.06. The third kappa shape index (κ3) is 4.64. The van der Waals surface area contributed by atoms with Crippen LogP contribution < -0.4 is 5.32 Å². The van der Waals surface area contributed by atoms with Crippen LogP contribution in [0, 0.1) is 20.8 Å². The fraction of sp³-hybridized carbons (Fsp3) is 0.421. The second-order valence-corrected chi connectivity index (χ2v) is 6.58. The van der Waals surface area contributed by atoms with Gasteiger partial charge in [0.25, 0.3) is 5.91 Å². The van der Waals surface area contributed by atoms with Crippen molar-refractivity contribution in [2.75, 3.05) is 11.9 Å². The summed E-state index contributed by atoms with van der Waals surface area (Å²) in [5.74, 6) is -1.05. The molecule has 6 nitrogen and oxygen atoms in total. The molecule has 0 atom stereocenters. The van der Waals surface area contributed by atoms with Crippen LogP contribution in [0.1, 0.15) is 46.9 Å². The molecule has 0 saturated carbocycles. The van der Waals surface area contributed by atoms with Crippen LogP contribution in [0.2, 0.25) is 5.15 Å². The van der Waals surface area contributed by atoms with E-state index in [-0.39, 0.29) is 17.3 Å². The molecule has 26 heavy (non-hydrogen) atoms. The van der Waals surface area contributed by atoms with E-state index in [1.54, 1.807) is 11.6 Å². The first-order valence-corrected chi connectivity index (χ1v) is 8.99. The summed E-state index contributed by atoms with van der Waals surface area (Å²) in [5.41, 5.74) is 3.32. The van der Waals surface area contributed by atoms with E-state index < -0.39 is 11.9 Å². The maximum absolute atomic E-state index is 12.3. The van der Waals surface area contributed by atoms with Gasteiger partial charge in [0.2, 0.25) is 0 Å². The summed E-state index contributed by atoms with van der Waals surface area (Å²) in [4.78, 5) is 24.5. The lowest BCUT2D eigenvalue weighted by atomic mass is 10.1. The highest BCUT2D eigenvalue weighted by atomic mass is 35.5.